The lowest BCUT2D eigenvalue weighted by Crippen LogP contribution is -2.23. The van der Waals surface area contributed by atoms with Gasteiger partial charge in [-0.25, -0.2) is 4.99 Å². The number of primary amides is 1. The number of isothiocyanates is 1. The van der Waals surface area contributed by atoms with Gasteiger partial charge in [-0.2, -0.15) is 0 Å². The number of hydrogen-bond donors (Lipinski definition) is 1. The van der Waals surface area contributed by atoms with E-state index in [2.05, 4.69) is 29.3 Å². The van der Waals surface area contributed by atoms with Crippen LogP contribution in [0.4, 0.5) is 0 Å². The summed E-state index contributed by atoms with van der Waals surface area (Å²) in [6.45, 7) is 2.83. The van der Waals surface area contributed by atoms with Gasteiger partial charge in [0.25, 0.3) is 0 Å². The third-order valence-corrected chi connectivity index (χ3v) is 4.59. The number of nitrogens with zero attached hydrogens (tertiary/aromatic N) is 1. The third kappa shape index (κ3) is 15.9. The van der Waals surface area contributed by atoms with Crippen molar-refractivity contribution < 1.29 is 4.79 Å². The summed E-state index contributed by atoms with van der Waals surface area (Å²) in [7, 11) is 0. The predicted molar refractivity (Wildman–Crippen MR) is 103 cm³/mol. The van der Waals surface area contributed by atoms with Crippen LogP contribution in [-0.4, -0.2) is 17.6 Å². The van der Waals surface area contributed by atoms with Crippen LogP contribution in [0.1, 0.15) is 96.8 Å². The number of aliphatic imine (C=N–C) groups is 1. The summed E-state index contributed by atoms with van der Waals surface area (Å²) in [4.78, 5) is 15.2. The first kappa shape index (κ1) is 22.3. The minimum atomic E-state index is -0.201. The molecule has 0 aromatic rings. The minimum Gasteiger partial charge on any atom is -0.369 e. The molecule has 0 saturated heterocycles. The van der Waals surface area contributed by atoms with E-state index in [0.29, 0.717) is 13.0 Å². The molecule has 1 unspecified atom stereocenters. The van der Waals surface area contributed by atoms with Crippen molar-refractivity contribution in [3.63, 3.8) is 0 Å². The summed E-state index contributed by atoms with van der Waals surface area (Å²) in [5.74, 6) is -0.252. The molecule has 0 rings (SSSR count). The van der Waals surface area contributed by atoms with E-state index >= 15 is 0 Å². The van der Waals surface area contributed by atoms with E-state index in [1.807, 2.05) is 0 Å². The zero-order valence-electron chi connectivity index (χ0n) is 15.0. The highest BCUT2D eigenvalue weighted by Crippen LogP contribution is 2.16. The van der Waals surface area contributed by atoms with Crippen LogP contribution in [0, 0.1) is 5.92 Å². The molecule has 0 spiro atoms. The average molecular weight is 341 g/mol. The Bertz CT molecular complexity index is 327. The molecule has 4 heteroatoms. The van der Waals surface area contributed by atoms with Gasteiger partial charge in [0, 0.05) is 5.92 Å². The fourth-order valence-corrected chi connectivity index (χ4v) is 3.02. The molecule has 134 valence electrons. The second-order valence-electron chi connectivity index (χ2n) is 6.54. The van der Waals surface area contributed by atoms with Crippen LogP contribution < -0.4 is 5.73 Å². The normalized spacial score (nSPS) is 11.9. The van der Waals surface area contributed by atoms with Gasteiger partial charge in [0.1, 0.15) is 0 Å². The largest absolute Gasteiger partial charge is 0.369 e. The zero-order valence-corrected chi connectivity index (χ0v) is 15.8. The molecule has 3 nitrogen and oxygen atoms in total. The monoisotopic (exact) mass is 340 g/mol. The Labute approximate surface area is 148 Å². The number of carbonyl (C=O) groups excluding carboxylic acids is 1. The smallest absolute Gasteiger partial charge is 0.220 e. The molecule has 0 fully saturated rings. The van der Waals surface area contributed by atoms with Crippen LogP contribution in [0.2, 0.25) is 0 Å². The molecule has 23 heavy (non-hydrogen) atoms. The second-order valence-corrected chi connectivity index (χ2v) is 6.72. The molecule has 2 N–H and O–H groups in total. The first-order valence-corrected chi connectivity index (χ1v) is 9.96. The van der Waals surface area contributed by atoms with Gasteiger partial charge in [-0.1, -0.05) is 84.0 Å². The molecule has 1 amide bonds. The topological polar surface area (TPSA) is 55.4 Å². The van der Waals surface area contributed by atoms with Crippen LogP contribution in [0.3, 0.4) is 0 Å². The zero-order chi connectivity index (χ0) is 17.2. The number of unbranched alkanes of at least 4 members (excludes halogenated alkanes) is 11. The Morgan fingerprint density at radius 2 is 1.39 bits per heavy atom. The van der Waals surface area contributed by atoms with Crippen LogP contribution in [-0.2, 0) is 4.79 Å². The van der Waals surface area contributed by atoms with Crippen LogP contribution >= 0.6 is 12.2 Å². The highest BCUT2D eigenvalue weighted by molar-refractivity contribution is 7.78. The van der Waals surface area contributed by atoms with Crippen LogP contribution in [0.15, 0.2) is 4.99 Å². The highest BCUT2D eigenvalue weighted by atomic mass is 32.1. The van der Waals surface area contributed by atoms with Crippen LogP contribution in [0.25, 0.3) is 0 Å². The molecular weight excluding hydrogens is 304 g/mol. The lowest BCUT2D eigenvalue weighted by atomic mass is 9.96. The highest BCUT2D eigenvalue weighted by Gasteiger charge is 2.13. The number of nitrogens with two attached hydrogens (primary N) is 1. The predicted octanol–water partition coefficient (Wildman–Crippen LogP) is 5.67. The van der Waals surface area contributed by atoms with Crippen molar-refractivity contribution in [1.29, 1.82) is 0 Å². The summed E-state index contributed by atoms with van der Waals surface area (Å²) < 4.78 is 0. The van der Waals surface area contributed by atoms with Crippen molar-refractivity contribution >= 4 is 23.3 Å². The van der Waals surface area contributed by atoms with Crippen molar-refractivity contribution in [2.75, 3.05) is 6.54 Å². The van der Waals surface area contributed by atoms with Gasteiger partial charge in [-0.3, -0.25) is 4.79 Å². The van der Waals surface area contributed by atoms with Crippen molar-refractivity contribution in [2.45, 2.75) is 96.8 Å². The molecule has 0 aromatic carbocycles. The Morgan fingerprint density at radius 1 is 0.913 bits per heavy atom. The van der Waals surface area contributed by atoms with Gasteiger partial charge in [-0.15, -0.1) is 0 Å². The molecule has 0 bridgehead atoms. The summed E-state index contributed by atoms with van der Waals surface area (Å²) >= 11 is 4.53. The van der Waals surface area contributed by atoms with Gasteiger partial charge >= 0.3 is 0 Å². The summed E-state index contributed by atoms with van der Waals surface area (Å²) in [5.41, 5.74) is 5.43. The summed E-state index contributed by atoms with van der Waals surface area (Å²) in [5, 5.41) is 2.33. The van der Waals surface area contributed by atoms with Crippen molar-refractivity contribution in [1.82, 2.24) is 0 Å². The Hall–Kier alpha value is -0.730. The van der Waals surface area contributed by atoms with Crippen molar-refractivity contribution in [3.8, 4) is 0 Å². The SMILES string of the molecule is CCCCCCCCCCCCCCC(CCN=C=S)C(N)=O. The van der Waals surface area contributed by atoms with E-state index in [-0.39, 0.29) is 11.8 Å². The fourth-order valence-electron chi connectivity index (χ4n) is 2.93. The second kappa shape index (κ2) is 17.6. The summed E-state index contributed by atoms with van der Waals surface area (Å²) in [6.07, 6.45) is 17.6. The van der Waals surface area contributed by atoms with Gasteiger partial charge in [0.15, 0.2) is 0 Å². The molecule has 0 aromatic heterocycles. The van der Waals surface area contributed by atoms with Crippen molar-refractivity contribution in [3.05, 3.63) is 0 Å². The Balaban J connectivity index is 3.39. The fraction of sp³-hybridized carbons (Fsp3) is 0.895. The molecule has 0 aliphatic carbocycles. The van der Waals surface area contributed by atoms with E-state index in [1.165, 1.54) is 70.6 Å². The van der Waals surface area contributed by atoms with E-state index in [1.54, 1.807) is 0 Å². The maximum Gasteiger partial charge on any atom is 0.220 e. The molecular formula is C19H36N2OS. The number of rotatable bonds is 17. The molecule has 0 radical (unpaired) electrons. The van der Waals surface area contributed by atoms with Crippen LogP contribution in [0.5, 0.6) is 0 Å². The quantitative estimate of drug-likeness (QED) is 0.211. The van der Waals surface area contributed by atoms with Gasteiger partial charge < -0.3 is 5.73 Å². The number of amides is 1. The molecule has 1 atom stereocenters. The van der Waals surface area contributed by atoms with Gasteiger partial charge in [-0.05, 0) is 25.1 Å². The number of carbonyl (C=O) groups is 1. The van der Waals surface area contributed by atoms with Gasteiger partial charge in [0.05, 0.1) is 11.7 Å². The summed E-state index contributed by atoms with van der Waals surface area (Å²) in [6, 6.07) is 0. The van der Waals surface area contributed by atoms with E-state index in [0.717, 1.165) is 12.8 Å². The number of thiocarbonyl (C=S) groups is 1. The first-order valence-electron chi connectivity index (χ1n) is 9.55. The molecule has 0 aliphatic rings. The maximum absolute atomic E-state index is 11.4. The van der Waals surface area contributed by atoms with E-state index < -0.39 is 0 Å². The maximum atomic E-state index is 11.4. The standard InChI is InChI=1S/C19H36N2OS/c1-2-3-4-5-6-7-8-9-10-11-12-13-14-18(19(20)22)15-16-21-17-23/h18H,2-16H2,1H3,(H2,20,22). The van der Waals surface area contributed by atoms with E-state index in [4.69, 9.17) is 5.73 Å². The lowest BCUT2D eigenvalue weighted by molar-refractivity contribution is -0.122. The third-order valence-electron chi connectivity index (χ3n) is 4.46. The number of hydrogen-bond acceptors (Lipinski definition) is 3. The first-order chi connectivity index (χ1) is 11.2. The lowest BCUT2D eigenvalue weighted by Gasteiger charge is -2.11. The van der Waals surface area contributed by atoms with Crippen molar-refractivity contribution in [2.24, 2.45) is 16.6 Å². The van der Waals surface area contributed by atoms with Gasteiger partial charge in [0.2, 0.25) is 5.91 Å². The molecule has 0 aliphatic heterocycles. The molecule has 0 heterocycles. The Morgan fingerprint density at radius 3 is 1.83 bits per heavy atom. The van der Waals surface area contributed by atoms with E-state index in [9.17, 15) is 4.79 Å². The molecule has 0 saturated carbocycles. The minimum absolute atomic E-state index is 0.0507. The average Bonchev–Trinajstić information content (AvgIpc) is 2.54. The Kier molecular flexibility index (Phi) is 17.1.